The van der Waals surface area contributed by atoms with Crippen molar-refractivity contribution in [1.82, 2.24) is 10.9 Å². The summed E-state index contributed by atoms with van der Waals surface area (Å²) in [6.07, 6.45) is 2.84. The molecule has 0 aliphatic rings. The van der Waals surface area contributed by atoms with E-state index in [9.17, 15) is 9.59 Å². The lowest BCUT2D eigenvalue weighted by molar-refractivity contribution is -0.117. The van der Waals surface area contributed by atoms with Gasteiger partial charge < -0.3 is 14.2 Å². The molecule has 0 aromatic heterocycles. The molecule has 7 heteroatoms. The molecule has 0 aliphatic carbocycles. The highest BCUT2D eigenvalue weighted by atomic mass is 16.5. The highest BCUT2D eigenvalue weighted by Crippen LogP contribution is 2.35. The Hall–Kier alpha value is -3.48. The fourth-order valence-corrected chi connectivity index (χ4v) is 2.64. The van der Waals surface area contributed by atoms with Crippen LogP contribution in [0.2, 0.25) is 0 Å². The van der Waals surface area contributed by atoms with Gasteiger partial charge in [-0.1, -0.05) is 17.7 Å². The number of rotatable bonds is 6. The Bertz CT molecular complexity index is 906. The second-order valence-corrected chi connectivity index (χ2v) is 6.04. The number of aryl methyl sites for hydroxylation is 2. The molecule has 0 saturated heterocycles. The van der Waals surface area contributed by atoms with Crippen molar-refractivity contribution in [1.29, 1.82) is 0 Å². The minimum Gasteiger partial charge on any atom is -0.496 e. The third kappa shape index (κ3) is 5.03. The molecule has 2 aromatic carbocycles. The normalized spacial score (nSPS) is 10.5. The van der Waals surface area contributed by atoms with Gasteiger partial charge >= 0.3 is 0 Å². The molecule has 2 N–H and O–H groups in total. The predicted octanol–water partition coefficient (Wildman–Crippen LogP) is 2.80. The maximum atomic E-state index is 12.2. The van der Waals surface area contributed by atoms with E-state index < -0.39 is 5.91 Å². The van der Waals surface area contributed by atoms with Crippen LogP contribution in [-0.2, 0) is 4.79 Å². The lowest BCUT2D eigenvalue weighted by Gasteiger charge is -2.12. The van der Waals surface area contributed by atoms with Gasteiger partial charge in [-0.25, -0.2) is 0 Å². The Morgan fingerprint density at radius 3 is 2.11 bits per heavy atom. The molecule has 2 rings (SSSR count). The fraction of sp³-hybridized carbons (Fsp3) is 0.238. The maximum Gasteiger partial charge on any atom is 0.269 e. The number of ether oxygens (including phenoxy) is 3. The summed E-state index contributed by atoms with van der Waals surface area (Å²) in [5, 5.41) is 0. The minimum atomic E-state index is -0.491. The first kappa shape index (κ1) is 20.8. The topological polar surface area (TPSA) is 85.9 Å². The second-order valence-electron chi connectivity index (χ2n) is 6.04. The number of amides is 2. The number of hydrazine groups is 1. The van der Waals surface area contributed by atoms with E-state index in [1.807, 2.05) is 26.0 Å². The number of hydrogen-bond donors (Lipinski definition) is 2. The highest BCUT2D eigenvalue weighted by Gasteiger charge is 2.11. The zero-order valence-corrected chi connectivity index (χ0v) is 16.6. The molecule has 0 unspecified atom stereocenters. The van der Waals surface area contributed by atoms with Crippen molar-refractivity contribution in [2.24, 2.45) is 0 Å². The van der Waals surface area contributed by atoms with E-state index in [0.717, 1.165) is 11.1 Å². The minimum absolute atomic E-state index is 0.386. The van der Waals surface area contributed by atoms with Crippen LogP contribution in [0.5, 0.6) is 17.2 Å². The molecule has 2 amide bonds. The van der Waals surface area contributed by atoms with E-state index in [0.29, 0.717) is 28.4 Å². The van der Waals surface area contributed by atoms with Crippen LogP contribution in [0.1, 0.15) is 27.0 Å². The molecule has 148 valence electrons. The number of carbonyl (C=O) groups excluding carboxylic acids is 2. The number of benzene rings is 2. The van der Waals surface area contributed by atoms with E-state index in [1.54, 1.807) is 24.3 Å². The molecular formula is C21H24N2O5. The average molecular weight is 384 g/mol. The standard InChI is InChI=1S/C21H24N2O5/c1-13-6-8-16(14(2)10-13)21(25)23-22-20(24)9-7-15-11-18(27-4)19(28-5)12-17(15)26-3/h6-12H,1-5H3,(H,22,24)(H,23,25)/b9-7+. The van der Waals surface area contributed by atoms with Gasteiger partial charge in [-0.15, -0.1) is 0 Å². The van der Waals surface area contributed by atoms with Crippen molar-refractivity contribution >= 4 is 17.9 Å². The molecule has 0 atom stereocenters. The average Bonchev–Trinajstić information content (AvgIpc) is 2.69. The van der Waals surface area contributed by atoms with Crippen molar-refractivity contribution < 1.29 is 23.8 Å². The van der Waals surface area contributed by atoms with Crippen LogP contribution < -0.4 is 25.1 Å². The van der Waals surface area contributed by atoms with Crippen LogP contribution in [0.25, 0.3) is 6.08 Å². The summed E-state index contributed by atoms with van der Waals surface area (Å²) in [4.78, 5) is 24.3. The Morgan fingerprint density at radius 2 is 1.50 bits per heavy atom. The SMILES string of the molecule is COc1cc(OC)c(OC)cc1/C=C/C(=O)NNC(=O)c1ccc(C)cc1C. The van der Waals surface area contributed by atoms with Gasteiger partial charge in [-0.05, 0) is 37.6 Å². The summed E-state index contributed by atoms with van der Waals surface area (Å²) in [5.74, 6) is 0.659. The lowest BCUT2D eigenvalue weighted by atomic mass is 10.1. The van der Waals surface area contributed by atoms with Crippen LogP contribution in [0, 0.1) is 13.8 Å². The number of hydrogen-bond acceptors (Lipinski definition) is 5. The van der Waals surface area contributed by atoms with Crippen LogP contribution in [-0.4, -0.2) is 33.1 Å². The monoisotopic (exact) mass is 384 g/mol. The molecule has 0 bridgehead atoms. The number of methoxy groups -OCH3 is 3. The summed E-state index contributed by atoms with van der Waals surface area (Å²) in [6, 6.07) is 8.82. The van der Waals surface area contributed by atoms with Gasteiger partial charge in [-0.3, -0.25) is 20.4 Å². The van der Waals surface area contributed by atoms with Crippen LogP contribution in [0.15, 0.2) is 36.4 Å². The van der Waals surface area contributed by atoms with Crippen molar-refractivity contribution in [3.05, 3.63) is 58.7 Å². The lowest BCUT2D eigenvalue weighted by Crippen LogP contribution is -2.41. The second kappa shape index (κ2) is 9.45. The zero-order chi connectivity index (χ0) is 20.7. The molecular weight excluding hydrogens is 360 g/mol. The Balaban J connectivity index is 2.06. The molecule has 2 aromatic rings. The number of nitrogens with one attached hydrogen (secondary N) is 2. The third-order valence-electron chi connectivity index (χ3n) is 4.08. The van der Waals surface area contributed by atoms with Gasteiger partial charge in [0.05, 0.1) is 21.3 Å². The van der Waals surface area contributed by atoms with E-state index in [1.165, 1.54) is 27.4 Å². The summed E-state index contributed by atoms with van der Waals surface area (Å²) in [6.45, 7) is 3.79. The summed E-state index contributed by atoms with van der Waals surface area (Å²) >= 11 is 0. The Morgan fingerprint density at radius 1 is 0.857 bits per heavy atom. The van der Waals surface area contributed by atoms with Crippen LogP contribution >= 0.6 is 0 Å². The summed E-state index contributed by atoms with van der Waals surface area (Å²) in [7, 11) is 4.56. The molecule has 7 nitrogen and oxygen atoms in total. The van der Waals surface area contributed by atoms with E-state index in [-0.39, 0.29) is 5.91 Å². The largest absolute Gasteiger partial charge is 0.496 e. The van der Waals surface area contributed by atoms with Gasteiger partial charge in [0.25, 0.3) is 11.8 Å². The van der Waals surface area contributed by atoms with Crippen LogP contribution in [0.3, 0.4) is 0 Å². The van der Waals surface area contributed by atoms with E-state index in [4.69, 9.17) is 14.2 Å². The van der Waals surface area contributed by atoms with E-state index >= 15 is 0 Å². The van der Waals surface area contributed by atoms with E-state index in [2.05, 4.69) is 10.9 Å². The first-order chi connectivity index (χ1) is 13.4. The van der Waals surface area contributed by atoms with Gasteiger partial charge in [0, 0.05) is 23.3 Å². The maximum absolute atomic E-state index is 12.2. The van der Waals surface area contributed by atoms with Crippen molar-refractivity contribution in [3.8, 4) is 17.2 Å². The number of carbonyl (C=O) groups is 2. The predicted molar refractivity (Wildman–Crippen MR) is 107 cm³/mol. The molecule has 0 fully saturated rings. The van der Waals surface area contributed by atoms with Gasteiger partial charge in [0.15, 0.2) is 11.5 Å². The van der Waals surface area contributed by atoms with Crippen LogP contribution in [0.4, 0.5) is 0 Å². The van der Waals surface area contributed by atoms with Gasteiger partial charge in [-0.2, -0.15) is 0 Å². The Kier molecular flexibility index (Phi) is 7.03. The smallest absolute Gasteiger partial charge is 0.269 e. The fourth-order valence-electron chi connectivity index (χ4n) is 2.64. The molecule has 0 heterocycles. The molecule has 28 heavy (non-hydrogen) atoms. The van der Waals surface area contributed by atoms with Crippen molar-refractivity contribution in [3.63, 3.8) is 0 Å². The summed E-state index contributed by atoms with van der Waals surface area (Å²) in [5.41, 5.74) is 7.77. The first-order valence-corrected chi connectivity index (χ1v) is 8.55. The first-order valence-electron chi connectivity index (χ1n) is 8.55. The molecule has 0 saturated carbocycles. The van der Waals surface area contributed by atoms with Crippen molar-refractivity contribution in [2.45, 2.75) is 13.8 Å². The van der Waals surface area contributed by atoms with Crippen molar-refractivity contribution in [2.75, 3.05) is 21.3 Å². The van der Waals surface area contributed by atoms with Gasteiger partial charge in [0.2, 0.25) is 0 Å². The molecule has 0 radical (unpaired) electrons. The van der Waals surface area contributed by atoms with Gasteiger partial charge in [0.1, 0.15) is 5.75 Å². The molecule has 0 spiro atoms. The quantitative estimate of drug-likeness (QED) is 0.591. The third-order valence-corrected chi connectivity index (χ3v) is 4.08. The zero-order valence-electron chi connectivity index (χ0n) is 16.6. The Labute approximate surface area is 164 Å². The summed E-state index contributed by atoms with van der Waals surface area (Å²) < 4.78 is 15.8. The molecule has 0 aliphatic heterocycles. The highest BCUT2D eigenvalue weighted by molar-refractivity contribution is 5.99.